The van der Waals surface area contributed by atoms with E-state index in [0.29, 0.717) is 0 Å². The zero-order chi connectivity index (χ0) is 13.5. The second kappa shape index (κ2) is 7.31. The van der Waals surface area contributed by atoms with Gasteiger partial charge >= 0.3 is 0 Å². The molecule has 3 heteroatoms. The lowest BCUT2D eigenvalue weighted by Gasteiger charge is -2.18. The van der Waals surface area contributed by atoms with Crippen LogP contribution in [0.15, 0.2) is 41.1 Å². The molecule has 0 saturated carbocycles. The van der Waals surface area contributed by atoms with Gasteiger partial charge in [0.2, 0.25) is 0 Å². The van der Waals surface area contributed by atoms with E-state index >= 15 is 0 Å². The van der Waals surface area contributed by atoms with Gasteiger partial charge in [0.05, 0.1) is 12.6 Å². The molecule has 2 rings (SSSR count). The fourth-order valence-corrected chi connectivity index (χ4v) is 2.76. The minimum atomic E-state index is 0.251. The number of ether oxygens (including phenoxy) is 1. The minimum absolute atomic E-state index is 0.251. The number of hydrogen-bond donors (Lipinski definition) is 1. The van der Waals surface area contributed by atoms with Crippen molar-refractivity contribution < 1.29 is 4.74 Å². The minimum Gasteiger partial charge on any atom is -0.494 e. The maximum atomic E-state index is 5.72. The van der Waals surface area contributed by atoms with Crippen molar-refractivity contribution in [3.8, 4) is 5.75 Å². The second-order valence-corrected chi connectivity index (χ2v) is 5.25. The van der Waals surface area contributed by atoms with Gasteiger partial charge in [-0.1, -0.05) is 26.0 Å². The Balaban J connectivity index is 2.21. The average Bonchev–Trinajstić information content (AvgIpc) is 2.96. The number of rotatable bonds is 7. The van der Waals surface area contributed by atoms with Crippen LogP contribution in [-0.4, -0.2) is 13.2 Å². The normalized spacial score (nSPS) is 12.3. The predicted octanol–water partition coefficient (Wildman–Crippen LogP) is 4.24. The summed E-state index contributed by atoms with van der Waals surface area (Å²) in [5.74, 6) is 0.956. The van der Waals surface area contributed by atoms with Gasteiger partial charge in [-0.05, 0) is 53.1 Å². The van der Waals surface area contributed by atoms with Crippen LogP contribution in [0.2, 0.25) is 0 Å². The smallest absolute Gasteiger partial charge is 0.119 e. The van der Waals surface area contributed by atoms with Crippen molar-refractivity contribution in [3.05, 3.63) is 52.2 Å². The molecule has 0 amide bonds. The first-order valence-electron chi connectivity index (χ1n) is 6.83. The largest absolute Gasteiger partial charge is 0.494 e. The molecule has 1 N–H and O–H groups in total. The molecule has 0 fully saturated rings. The lowest BCUT2D eigenvalue weighted by molar-refractivity contribution is 0.317. The van der Waals surface area contributed by atoms with Crippen LogP contribution in [0, 0.1) is 0 Å². The van der Waals surface area contributed by atoms with Gasteiger partial charge < -0.3 is 10.1 Å². The van der Waals surface area contributed by atoms with Crippen LogP contribution in [0.25, 0.3) is 0 Å². The van der Waals surface area contributed by atoms with Gasteiger partial charge in [-0.15, -0.1) is 0 Å². The molecule has 0 radical (unpaired) electrons. The highest BCUT2D eigenvalue weighted by Crippen LogP contribution is 2.26. The first-order valence-corrected chi connectivity index (χ1v) is 7.77. The second-order valence-electron chi connectivity index (χ2n) is 4.47. The predicted molar refractivity (Wildman–Crippen MR) is 82.1 cm³/mol. The molecule has 0 saturated heterocycles. The van der Waals surface area contributed by atoms with Crippen LogP contribution in [-0.2, 0) is 0 Å². The highest BCUT2D eigenvalue weighted by Gasteiger charge is 2.13. The molecule has 1 aromatic carbocycles. The van der Waals surface area contributed by atoms with Gasteiger partial charge in [-0.25, -0.2) is 0 Å². The van der Waals surface area contributed by atoms with Crippen molar-refractivity contribution in [1.29, 1.82) is 0 Å². The molecule has 0 spiro atoms. The van der Waals surface area contributed by atoms with Crippen LogP contribution in [0.4, 0.5) is 0 Å². The lowest BCUT2D eigenvalue weighted by Crippen LogP contribution is -2.21. The summed E-state index contributed by atoms with van der Waals surface area (Å²) in [6.07, 6.45) is 1.03. The molecule has 2 aromatic rings. The van der Waals surface area contributed by atoms with Crippen LogP contribution >= 0.6 is 11.3 Å². The van der Waals surface area contributed by atoms with E-state index in [-0.39, 0.29) is 6.04 Å². The van der Waals surface area contributed by atoms with Gasteiger partial charge in [0.15, 0.2) is 0 Å². The van der Waals surface area contributed by atoms with Crippen LogP contribution in [0.1, 0.15) is 37.4 Å². The summed E-state index contributed by atoms with van der Waals surface area (Å²) < 4.78 is 5.72. The fraction of sp³-hybridized carbons (Fsp3) is 0.375. The molecule has 0 aliphatic carbocycles. The van der Waals surface area contributed by atoms with E-state index in [2.05, 4.69) is 54.2 Å². The first-order chi connectivity index (χ1) is 9.35. The molecular formula is C16H21NOS. The van der Waals surface area contributed by atoms with E-state index in [9.17, 15) is 0 Å². The molecule has 102 valence electrons. The number of benzene rings is 1. The van der Waals surface area contributed by atoms with E-state index in [0.717, 1.165) is 25.3 Å². The number of hydrogen-bond acceptors (Lipinski definition) is 3. The zero-order valence-corrected chi connectivity index (χ0v) is 12.4. The summed E-state index contributed by atoms with van der Waals surface area (Å²) >= 11 is 1.74. The first kappa shape index (κ1) is 14.1. The maximum absolute atomic E-state index is 5.72. The molecule has 2 nitrogen and oxygen atoms in total. The van der Waals surface area contributed by atoms with Crippen molar-refractivity contribution in [2.24, 2.45) is 0 Å². The highest BCUT2D eigenvalue weighted by atomic mass is 32.1. The van der Waals surface area contributed by atoms with Crippen LogP contribution in [0.3, 0.4) is 0 Å². The highest BCUT2D eigenvalue weighted by molar-refractivity contribution is 7.08. The Morgan fingerprint density at radius 1 is 1.21 bits per heavy atom. The summed E-state index contributed by atoms with van der Waals surface area (Å²) in [6, 6.07) is 10.8. The van der Waals surface area contributed by atoms with Crippen molar-refractivity contribution in [2.45, 2.75) is 26.3 Å². The molecular weight excluding hydrogens is 254 g/mol. The van der Waals surface area contributed by atoms with Crippen LogP contribution in [0.5, 0.6) is 5.75 Å². The molecule has 1 unspecified atom stereocenters. The average molecular weight is 275 g/mol. The molecule has 1 heterocycles. The van der Waals surface area contributed by atoms with E-state index in [1.54, 1.807) is 11.3 Å². The summed E-state index contributed by atoms with van der Waals surface area (Å²) in [4.78, 5) is 0. The van der Waals surface area contributed by atoms with Gasteiger partial charge in [0.1, 0.15) is 5.75 Å². The Kier molecular flexibility index (Phi) is 5.43. The lowest BCUT2D eigenvalue weighted by atomic mass is 10.0. The summed E-state index contributed by atoms with van der Waals surface area (Å²) in [5, 5.41) is 7.86. The van der Waals surface area contributed by atoms with Crippen molar-refractivity contribution in [3.63, 3.8) is 0 Å². The molecule has 19 heavy (non-hydrogen) atoms. The van der Waals surface area contributed by atoms with E-state index in [1.165, 1.54) is 11.1 Å². The molecule has 0 bridgehead atoms. The Hall–Kier alpha value is -1.32. The molecule has 1 aromatic heterocycles. The Morgan fingerprint density at radius 2 is 2.11 bits per heavy atom. The Morgan fingerprint density at radius 3 is 2.79 bits per heavy atom. The van der Waals surface area contributed by atoms with Gasteiger partial charge in [-0.3, -0.25) is 0 Å². The maximum Gasteiger partial charge on any atom is 0.119 e. The standard InChI is InChI=1S/C16H21NOS/c1-3-9-18-15-7-5-6-13(11-15)16(17-4-2)14-8-10-19-12-14/h5-8,10-12,16-17H,3-4,9H2,1-2H3. The van der Waals surface area contributed by atoms with Crippen molar-refractivity contribution >= 4 is 11.3 Å². The van der Waals surface area contributed by atoms with Gasteiger partial charge in [0.25, 0.3) is 0 Å². The fourth-order valence-electron chi connectivity index (χ4n) is 2.08. The summed E-state index contributed by atoms with van der Waals surface area (Å²) in [6.45, 7) is 5.97. The summed E-state index contributed by atoms with van der Waals surface area (Å²) in [5.41, 5.74) is 2.58. The van der Waals surface area contributed by atoms with Crippen molar-refractivity contribution in [2.75, 3.05) is 13.2 Å². The SMILES string of the molecule is CCCOc1cccc(C(NCC)c2ccsc2)c1. The third-order valence-corrected chi connectivity index (χ3v) is 3.65. The Bertz CT molecular complexity index is 481. The van der Waals surface area contributed by atoms with Gasteiger partial charge in [0, 0.05) is 0 Å². The Labute approximate surface area is 119 Å². The molecule has 1 atom stereocenters. The van der Waals surface area contributed by atoms with Crippen LogP contribution < -0.4 is 10.1 Å². The van der Waals surface area contributed by atoms with Gasteiger partial charge in [-0.2, -0.15) is 11.3 Å². The molecule has 0 aliphatic rings. The number of nitrogens with one attached hydrogen (secondary N) is 1. The van der Waals surface area contributed by atoms with E-state index in [1.807, 2.05) is 6.07 Å². The number of thiophene rings is 1. The third-order valence-electron chi connectivity index (χ3n) is 2.95. The third kappa shape index (κ3) is 3.82. The van der Waals surface area contributed by atoms with E-state index in [4.69, 9.17) is 4.74 Å². The van der Waals surface area contributed by atoms with Crippen molar-refractivity contribution in [1.82, 2.24) is 5.32 Å². The molecule has 0 aliphatic heterocycles. The monoisotopic (exact) mass is 275 g/mol. The van der Waals surface area contributed by atoms with E-state index < -0.39 is 0 Å². The zero-order valence-electron chi connectivity index (χ0n) is 11.6. The quantitative estimate of drug-likeness (QED) is 0.816. The topological polar surface area (TPSA) is 21.3 Å². The summed E-state index contributed by atoms with van der Waals surface area (Å²) in [7, 11) is 0.